The van der Waals surface area contributed by atoms with Gasteiger partial charge in [0.25, 0.3) is 5.91 Å². The molecule has 1 atom stereocenters. The fourth-order valence-corrected chi connectivity index (χ4v) is 2.42. The number of pyridine rings is 1. The molecule has 0 saturated carbocycles. The highest BCUT2D eigenvalue weighted by atomic mass is 16.5. The Morgan fingerprint density at radius 1 is 1.52 bits per heavy atom. The molecule has 0 aliphatic carbocycles. The molecule has 1 aliphatic heterocycles. The SMILES string of the molecule is CCc1cc(C(=O)NCC2CN(CC)CCO2)cc(N)n1. The Hall–Kier alpha value is -1.66. The molecule has 6 heteroatoms. The largest absolute Gasteiger partial charge is 0.384 e. The Morgan fingerprint density at radius 2 is 2.33 bits per heavy atom. The smallest absolute Gasteiger partial charge is 0.251 e. The van der Waals surface area contributed by atoms with E-state index >= 15 is 0 Å². The second-order valence-electron chi connectivity index (χ2n) is 5.22. The number of hydrogen-bond donors (Lipinski definition) is 2. The molecule has 1 aromatic rings. The van der Waals surface area contributed by atoms with E-state index in [0.717, 1.165) is 38.4 Å². The molecular formula is C15H24N4O2. The number of hydrogen-bond acceptors (Lipinski definition) is 5. The fraction of sp³-hybridized carbons (Fsp3) is 0.600. The van der Waals surface area contributed by atoms with E-state index in [1.54, 1.807) is 12.1 Å². The number of amides is 1. The van der Waals surface area contributed by atoms with Crippen LogP contribution in [0.25, 0.3) is 0 Å². The van der Waals surface area contributed by atoms with E-state index in [2.05, 4.69) is 22.1 Å². The molecule has 1 aliphatic rings. The van der Waals surface area contributed by atoms with E-state index in [9.17, 15) is 4.79 Å². The van der Waals surface area contributed by atoms with Crippen molar-refractivity contribution >= 4 is 11.7 Å². The molecule has 3 N–H and O–H groups in total. The summed E-state index contributed by atoms with van der Waals surface area (Å²) in [6, 6.07) is 3.39. The summed E-state index contributed by atoms with van der Waals surface area (Å²) in [5.74, 6) is 0.251. The molecule has 2 heterocycles. The van der Waals surface area contributed by atoms with Crippen molar-refractivity contribution in [3.63, 3.8) is 0 Å². The molecule has 1 aromatic heterocycles. The van der Waals surface area contributed by atoms with Crippen LogP contribution in [0.2, 0.25) is 0 Å². The number of rotatable bonds is 5. The molecule has 21 heavy (non-hydrogen) atoms. The second-order valence-corrected chi connectivity index (χ2v) is 5.22. The van der Waals surface area contributed by atoms with Crippen LogP contribution >= 0.6 is 0 Å². The Morgan fingerprint density at radius 3 is 3.05 bits per heavy atom. The first-order valence-corrected chi connectivity index (χ1v) is 7.51. The Kier molecular flexibility index (Phi) is 5.52. The number of nitrogens with two attached hydrogens (primary N) is 1. The van der Waals surface area contributed by atoms with E-state index in [-0.39, 0.29) is 12.0 Å². The van der Waals surface area contributed by atoms with Crippen LogP contribution in [0.15, 0.2) is 12.1 Å². The lowest BCUT2D eigenvalue weighted by Crippen LogP contribution is -2.47. The Labute approximate surface area is 125 Å². The van der Waals surface area contributed by atoms with Crippen LogP contribution in [0, 0.1) is 0 Å². The number of carbonyl (C=O) groups excluding carboxylic acids is 1. The number of likely N-dealkylation sites (N-methyl/N-ethyl adjacent to an activating group) is 1. The number of nitrogens with zero attached hydrogens (tertiary/aromatic N) is 2. The molecule has 0 radical (unpaired) electrons. The number of nitrogen functional groups attached to an aromatic ring is 1. The van der Waals surface area contributed by atoms with Gasteiger partial charge in [-0.25, -0.2) is 4.98 Å². The van der Waals surface area contributed by atoms with Gasteiger partial charge in [-0.3, -0.25) is 9.69 Å². The average Bonchev–Trinajstić information content (AvgIpc) is 2.52. The molecule has 1 fully saturated rings. The van der Waals surface area contributed by atoms with E-state index in [4.69, 9.17) is 10.5 Å². The summed E-state index contributed by atoms with van der Waals surface area (Å²) in [6.45, 7) is 8.17. The number of carbonyl (C=O) groups is 1. The highest BCUT2D eigenvalue weighted by molar-refractivity contribution is 5.94. The van der Waals surface area contributed by atoms with Crippen molar-refractivity contribution in [2.24, 2.45) is 0 Å². The molecule has 0 bridgehead atoms. The summed E-state index contributed by atoms with van der Waals surface area (Å²) >= 11 is 0. The monoisotopic (exact) mass is 292 g/mol. The average molecular weight is 292 g/mol. The highest BCUT2D eigenvalue weighted by Crippen LogP contribution is 2.09. The first-order valence-electron chi connectivity index (χ1n) is 7.51. The Balaban J connectivity index is 1.91. The third kappa shape index (κ3) is 4.41. The van der Waals surface area contributed by atoms with E-state index in [0.29, 0.717) is 17.9 Å². The minimum Gasteiger partial charge on any atom is -0.384 e. The van der Waals surface area contributed by atoms with Crippen LogP contribution in [0.5, 0.6) is 0 Å². The number of morpholine rings is 1. The third-order valence-corrected chi connectivity index (χ3v) is 3.68. The van der Waals surface area contributed by atoms with Crippen molar-refractivity contribution in [3.8, 4) is 0 Å². The van der Waals surface area contributed by atoms with Crippen molar-refractivity contribution < 1.29 is 9.53 Å². The predicted molar refractivity (Wildman–Crippen MR) is 82.2 cm³/mol. The van der Waals surface area contributed by atoms with E-state index in [1.165, 1.54) is 0 Å². The molecule has 6 nitrogen and oxygen atoms in total. The van der Waals surface area contributed by atoms with Crippen molar-refractivity contribution in [2.75, 3.05) is 38.5 Å². The van der Waals surface area contributed by atoms with Gasteiger partial charge in [-0.1, -0.05) is 13.8 Å². The lowest BCUT2D eigenvalue weighted by Gasteiger charge is -2.32. The first kappa shape index (κ1) is 15.7. The molecule has 1 unspecified atom stereocenters. The van der Waals surface area contributed by atoms with Gasteiger partial charge in [-0.05, 0) is 25.1 Å². The Bertz CT molecular complexity index is 493. The number of anilines is 1. The van der Waals surface area contributed by atoms with E-state index in [1.807, 2.05) is 6.92 Å². The van der Waals surface area contributed by atoms with E-state index < -0.39 is 0 Å². The highest BCUT2D eigenvalue weighted by Gasteiger charge is 2.20. The first-order chi connectivity index (χ1) is 10.1. The normalized spacial score (nSPS) is 19.4. The van der Waals surface area contributed by atoms with Crippen LogP contribution < -0.4 is 11.1 Å². The number of aryl methyl sites for hydroxylation is 1. The lowest BCUT2D eigenvalue weighted by atomic mass is 10.1. The molecule has 2 rings (SSSR count). The maximum Gasteiger partial charge on any atom is 0.251 e. The maximum absolute atomic E-state index is 12.2. The van der Waals surface area contributed by atoms with Crippen LogP contribution in [0.3, 0.4) is 0 Å². The molecule has 1 amide bonds. The van der Waals surface area contributed by atoms with Gasteiger partial charge in [0.15, 0.2) is 0 Å². The quantitative estimate of drug-likeness (QED) is 0.834. The standard InChI is InChI=1S/C15H24N4O2/c1-3-12-7-11(8-14(16)18-12)15(20)17-9-13-10-19(4-2)5-6-21-13/h7-8,13H,3-6,9-10H2,1-2H3,(H2,16,18)(H,17,20). The minimum atomic E-state index is -0.129. The second kappa shape index (κ2) is 7.38. The zero-order chi connectivity index (χ0) is 15.2. The molecular weight excluding hydrogens is 268 g/mol. The van der Waals surface area contributed by atoms with Crippen LogP contribution in [0.4, 0.5) is 5.82 Å². The van der Waals surface area contributed by atoms with Crippen molar-refractivity contribution in [3.05, 3.63) is 23.4 Å². The summed E-state index contributed by atoms with van der Waals surface area (Å²) in [7, 11) is 0. The topological polar surface area (TPSA) is 80.5 Å². The predicted octanol–water partition coefficient (Wildman–Crippen LogP) is 0.677. The van der Waals surface area contributed by atoms with Gasteiger partial charge >= 0.3 is 0 Å². The lowest BCUT2D eigenvalue weighted by molar-refractivity contribution is -0.0246. The maximum atomic E-state index is 12.2. The fourth-order valence-electron chi connectivity index (χ4n) is 2.42. The summed E-state index contributed by atoms with van der Waals surface area (Å²) in [4.78, 5) is 18.7. The number of aromatic nitrogens is 1. The summed E-state index contributed by atoms with van der Waals surface area (Å²) in [6.07, 6.45) is 0.801. The summed E-state index contributed by atoms with van der Waals surface area (Å²) in [5, 5.41) is 2.92. The van der Waals surface area contributed by atoms with Gasteiger partial charge in [-0.15, -0.1) is 0 Å². The van der Waals surface area contributed by atoms with Gasteiger partial charge < -0.3 is 15.8 Å². The van der Waals surface area contributed by atoms with Crippen LogP contribution in [-0.4, -0.2) is 54.7 Å². The van der Waals surface area contributed by atoms with Crippen molar-refractivity contribution in [1.29, 1.82) is 0 Å². The summed E-state index contributed by atoms with van der Waals surface area (Å²) < 4.78 is 5.67. The number of nitrogens with one attached hydrogen (secondary N) is 1. The number of ether oxygens (including phenoxy) is 1. The third-order valence-electron chi connectivity index (χ3n) is 3.68. The zero-order valence-electron chi connectivity index (χ0n) is 12.8. The van der Waals surface area contributed by atoms with Crippen molar-refractivity contribution in [2.45, 2.75) is 26.4 Å². The molecule has 0 spiro atoms. The molecule has 116 valence electrons. The van der Waals surface area contributed by atoms with Gasteiger partial charge in [-0.2, -0.15) is 0 Å². The van der Waals surface area contributed by atoms with Gasteiger partial charge in [0.2, 0.25) is 0 Å². The van der Waals surface area contributed by atoms with Crippen molar-refractivity contribution in [1.82, 2.24) is 15.2 Å². The van der Waals surface area contributed by atoms with Crippen LogP contribution in [-0.2, 0) is 11.2 Å². The molecule has 0 aromatic carbocycles. The summed E-state index contributed by atoms with van der Waals surface area (Å²) in [5.41, 5.74) is 7.11. The zero-order valence-corrected chi connectivity index (χ0v) is 12.8. The van der Waals surface area contributed by atoms with Crippen LogP contribution in [0.1, 0.15) is 29.9 Å². The minimum absolute atomic E-state index is 0.0486. The molecule has 1 saturated heterocycles. The van der Waals surface area contributed by atoms with Gasteiger partial charge in [0.05, 0.1) is 12.7 Å². The van der Waals surface area contributed by atoms with Gasteiger partial charge in [0.1, 0.15) is 5.82 Å². The van der Waals surface area contributed by atoms with Gasteiger partial charge in [0, 0.05) is 30.9 Å².